The molecule has 0 aliphatic carbocycles. The van der Waals surface area contributed by atoms with Crippen molar-refractivity contribution in [3.8, 4) is 0 Å². The van der Waals surface area contributed by atoms with Crippen molar-refractivity contribution in [2.75, 3.05) is 6.54 Å². The van der Waals surface area contributed by atoms with Gasteiger partial charge in [0.1, 0.15) is 18.1 Å². The molecule has 34 heavy (non-hydrogen) atoms. The zero-order valence-corrected chi connectivity index (χ0v) is 20.6. The van der Waals surface area contributed by atoms with E-state index in [9.17, 15) is 29.1 Å². The molecule has 10 N–H and O–H groups in total. The molecule has 5 unspecified atom stereocenters. The SMILES string of the molecule is CCC(C)C(NC(=O)C(CCCCN)NC(=O)C(N)CCC(N)=O)C(=O)NC(C(=O)O)C(C)C. The van der Waals surface area contributed by atoms with E-state index in [1.165, 1.54) is 0 Å². The molecule has 5 atom stereocenters. The van der Waals surface area contributed by atoms with Crippen LogP contribution in [0.25, 0.3) is 0 Å². The van der Waals surface area contributed by atoms with Gasteiger partial charge in [-0.25, -0.2) is 4.79 Å². The Morgan fingerprint density at radius 2 is 1.44 bits per heavy atom. The number of hydrogen-bond donors (Lipinski definition) is 7. The van der Waals surface area contributed by atoms with Gasteiger partial charge in [0.15, 0.2) is 0 Å². The van der Waals surface area contributed by atoms with Crippen LogP contribution in [0, 0.1) is 11.8 Å². The number of primary amides is 1. The summed E-state index contributed by atoms with van der Waals surface area (Å²) in [5, 5.41) is 17.1. The highest BCUT2D eigenvalue weighted by Gasteiger charge is 2.33. The van der Waals surface area contributed by atoms with Crippen molar-refractivity contribution >= 4 is 29.6 Å². The van der Waals surface area contributed by atoms with E-state index >= 15 is 0 Å². The fourth-order valence-electron chi connectivity index (χ4n) is 3.18. The first kappa shape index (κ1) is 31.3. The molecule has 0 bridgehead atoms. The van der Waals surface area contributed by atoms with E-state index in [0.717, 1.165) is 0 Å². The lowest BCUT2D eigenvalue weighted by Gasteiger charge is -2.28. The number of amides is 4. The van der Waals surface area contributed by atoms with E-state index in [1.54, 1.807) is 20.8 Å². The molecule has 0 rings (SSSR count). The van der Waals surface area contributed by atoms with Gasteiger partial charge in [-0.3, -0.25) is 19.2 Å². The van der Waals surface area contributed by atoms with Crippen LogP contribution in [0.3, 0.4) is 0 Å². The Morgan fingerprint density at radius 1 is 0.853 bits per heavy atom. The van der Waals surface area contributed by atoms with Crippen LogP contribution in [0.15, 0.2) is 0 Å². The van der Waals surface area contributed by atoms with Crippen molar-refractivity contribution in [1.29, 1.82) is 0 Å². The quantitative estimate of drug-likeness (QED) is 0.125. The Labute approximate surface area is 201 Å². The molecule has 0 spiro atoms. The zero-order valence-electron chi connectivity index (χ0n) is 20.6. The second kappa shape index (κ2) is 16.0. The first-order valence-electron chi connectivity index (χ1n) is 11.7. The summed E-state index contributed by atoms with van der Waals surface area (Å²) in [5.41, 5.74) is 16.4. The van der Waals surface area contributed by atoms with Gasteiger partial charge in [0.05, 0.1) is 6.04 Å². The second-order valence-electron chi connectivity index (χ2n) is 8.90. The molecule has 0 radical (unpaired) electrons. The third-order valence-corrected chi connectivity index (χ3v) is 5.64. The fraction of sp³-hybridized carbons (Fsp3) is 0.773. The third-order valence-electron chi connectivity index (χ3n) is 5.64. The molecule has 0 aliphatic rings. The summed E-state index contributed by atoms with van der Waals surface area (Å²) in [4.78, 5) is 60.9. The molecule has 0 aliphatic heterocycles. The van der Waals surface area contributed by atoms with Gasteiger partial charge >= 0.3 is 5.97 Å². The lowest BCUT2D eigenvalue weighted by atomic mass is 9.96. The fourth-order valence-corrected chi connectivity index (χ4v) is 3.18. The first-order valence-corrected chi connectivity index (χ1v) is 11.7. The molecule has 0 aromatic carbocycles. The van der Waals surface area contributed by atoms with Gasteiger partial charge in [0.2, 0.25) is 23.6 Å². The molecule has 0 fully saturated rings. The van der Waals surface area contributed by atoms with Crippen molar-refractivity contribution in [3.63, 3.8) is 0 Å². The minimum Gasteiger partial charge on any atom is -0.480 e. The van der Waals surface area contributed by atoms with Gasteiger partial charge in [0.25, 0.3) is 0 Å². The summed E-state index contributed by atoms with van der Waals surface area (Å²) in [7, 11) is 0. The topological polar surface area (TPSA) is 220 Å². The van der Waals surface area contributed by atoms with Gasteiger partial charge < -0.3 is 38.3 Å². The number of carbonyl (C=O) groups excluding carboxylic acids is 4. The zero-order chi connectivity index (χ0) is 26.4. The van der Waals surface area contributed by atoms with Crippen molar-refractivity contribution in [2.24, 2.45) is 29.0 Å². The number of carboxylic acid groups (broad SMARTS) is 1. The van der Waals surface area contributed by atoms with Crippen LogP contribution in [0.1, 0.15) is 66.2 Å². The molecule has 196 valence electrons. The first-order chi connectivity index (χ1) is 15.8. The van der Waals surface area contributed by atoms with Gasteiger partial charge in [0, 0.05) is 6.42 Å². The Hall–Kier alpha value is -2.73. The molecule has 12 heteroatoms. The standard InChI is InChI=1S/C22H42N6O6/c1-5-13(4)18(21(32)27-17(12(2)3)22(33)34)28-20(31)15(8-6-7-11-23)26-19(30)14(24)9-10-16(25)29/h12-15,17-18H,5-11,23-24H2,1-4H3,(H2,25,29)(H,26,30)(H,27,32)(H,28,31)(H,33,34). The predicted molar refractivity (Wildman–Crippen MR) is 127 cm³/mol. The number of nitrogens with one attached hydrogen (secondary N) is 3. The van der Waals surface area contributed by atoms with Gasteiger partial charge in [-0.2, -0.15) is 0 Å². The van der Waals surface area contributed by atoms with E-state index in [4.69, 9.17) is 17.2 Å². The molecule has 0 aromatic heterocycles. The van der Waals surface area contributed by atoms with Crippen LogP contribution in [0.4, 0.5) is 0 Å². The lowest BCUT2D eigenvalue weighted by Crippen LogP contribution is -2.59. The van der Waals surface area contributed by atoms with E-state index < -0.39 is 53.8 Å². The molecule has 0 saturated carbocycles. The number of carbonyl (C=O) groups is 5. The smallest absolute Gasteiger partial charge is 0.326 e. The highest BCUT2D eigenvalue weighted by atomic mass is 16.4. The number of aliphatic carboxylic acids is 1. The average molecular weight is 487 g/mol. The monoisotopic (exact) mass is 486 g/mol. The van der Waals surface area contributed by atoms with E-state index in [1.807, 2.05) is 6.92 Å². The van der Waals surface area contributed by atoms with Crippen molar-refractivity contribution < 1.29 is 29.1 Å². The van der Waals surface area contributed by atoms with Crippen LogP contribution < -0.4 is 33.2 Å². The molecular weight excluding hydrogens is 444 g/mol. The summed E-state index contributed by atoms with van der Waals surface area (Å²) < 4.78 is 0. The summed E-state index contributed by atoms with van der Waals surface area (Å²) in [6.45, 7) is 7.34. The molecule has 4 amide bonds. The van der Waals surface area contributed by atoms with Gasteiger partial charge in [-0.1, -0.05) is 34.1 Å². The number of hydrogen-bond acceptors (Lipinski definition) is 7. The highest BCUT2D eigenvalue weighted by Crippen LogP contribution is 2.12. The summed E-state index contributed by atoms with van der Waals surface area (Å²) in [5.74, 6) is -4.26. The maximum absolute atomic E-state index is 13.1. The molecular formula is C22H42N6O6. The van der Waals surface area contributed by atoms with E-state index in [-0.39, 0.29) is 31.1 Å². The van der Waals surface area contributed by atoms with E-state index in [0.29, 0.717) is 25.8 Å². The van der Waals surface area contributed by atoms with Gasteiger partial charge in [-0.15, -0.1) is 0 Å². The maximum Gasteiger partial charge on any atom is 0.326 e. The van der Waals surface area contributed by atoms with Crippen LogP contribution in [-0.2, 0) is 24.0 Å². The minimum atomic E-state index is -1.17. The Bertz CT molecular complexity index is 701. The second-order valence-corrected chi connectivity index (χ2v) is 8.90. The normalized spacial score (nSPS) is 15.5. The molecule has 12 nitrogen and oxygen atoms in total. The van der Waals surface area contributed by atoms with Crippen molar-refractivity contribution in [3.05, 3.63) is 0 Å². The van der Waals surface area contributed by atoms with Crippen LogP contribution >= 0.6 is 0 Å². The van der Waals surface area contributed by atoms with Crippen LogP contribution in [0.2, 0.25) is 0 Å². The molecule has 0 heterocycles. The number of rotatable bonds is 17. The summed E-state index contributed by atoms with van der Waals surface area (Å²) in [6.07, 6.45) is 1.92. The summed E-state index contributed by atoms with van der Waals surface area (Å²) >= 11 is 0. The molecule has 0 aromatic rings. The number of carboxylic acids is 1. The Balaban J connectivity index is 5.53. The van der Waals surface area contributed by atoms with Crippen LogP contribution in [0.5, 0.6) is 0 Å². The number of unbranched alkanes of at least 4 members (excludes halogenated alkanes) is 1. The highest BCUT2D eigenvalue weighted by molar-refractivity contribution is 5.94. The van der Waals surface area contributed by atoms with Crippen LogP contribution in [-0.4, -0.2) is 65.4 Å². The third kappa shape index (κ3) is 11.4. The predicted octanol–water partition coefficient (Wildman–Crippen LogP) is -1.05. The number of nitrogens with two attached hydrogens (primary N) is 3. The Kier molecular flexibility index (Phi) is 14.7. The van der Waals surface area contributed by atoms with Gasteiger partial charge in [-0.05, 0) is 44.1 Å². The average Bonchev–Trinajstić information content (AvgIpc) is 2.77. The maximum atomic E-state index is 13.1. The van der Waals surface area contributed by atoms with E-state index in [2.05, 4.69) is 16.0 Å². The lowest BCUT2D eigenvalue weighted by molar-refractivity contribution is -0.144. The largest absolute Gasteiger partial charge is 0.480 e. The van der Waals surface area contributed by atoms with Crippen molar-refractivity contribution in [1.82, 2.24) is 16.0 Å². The summed E-state index contributed by atoms with van der Waals surface area (Å²) in [6, 6.07) is -4.14. The Morgan fingerprint density at radius 3 is 1.91 bits per heavy atom. The minimum absolute atomic E-state index is 0.0297. The molecule has 0 saturated heterocycles. The van der Waals surface area contributed by atoms with Crippen molar-refractivity contribution in [2.45, 2.75) is 90.4 Å².